The third kappa shape index (κ3) is 2.91. The molecule has 0 fully saturated rings. The highest BCUT2D eigenvalue weighted by Crippen LogP contribution is 2.56. The second-order valence-electron chi connectivity index (χ2n) is 5.71. The number of esters is 1. The molecule has 1 atom stereocenters. The maximum atomic E-state index is 11.7. The van der Waals surface area contributed by atoms with Crippen LogP contribution in [0.25, 0.3) is 10.8 Å². The van der Waals surface area contributed by atoms with E-state index in [1.807, 2.05) is 36.4 Å². The molecule has 0 aliphatic carbocycles. The predicted molar refractivity (Wildman–Crippen MR) is 90.7 cm³/mol. The molecule has 6 nitrogen and oxygen atoms in total. The van der Waals surface area contributed by atoms with E-state index in [-0.39, 0.29) is 11.1 Å². The fourth-order valence-electron chi connectivity index (χ4n) is 2.84. The molecule has 0 bridgehead atoms. The first-order valence-electron chi connectivity index (χ1n) is 7.49. The number of cyclic esters (lactones) is 1. The summed E-state index contributed by atoms with van der Waals surface area (Å²) >= 11 is 0. The van der Waals surface area contributed by atoms with Gasteiger partial charge in [0.15, 0.2) is 0 Å². The summed E-state index contributed by atoms with van der Waals surface area (Å²) in [6.07, 6.45) is 0. The molecule has 1 aliphatic heterocycles. The lowest BCUT2D eigenvalue weighted by Gasteiger charge is -2.13. The summed E-state index contributed by atoms with van der Waals surface area (Å²) in [5.74, 6) is -1.39. The van der Waals surface area contributed by atoms with E-state index in [1.54, 1.807) is 12.1 Å². The Hall–Kier alpha value is -2.66. The van der Waals surface area contributed by atoms with Crippen molar-refractivity contribution in [2.24, 2.45) is 0 Å². The first-order valence-corrected chi connectivity index (χ1v) is 9.17. The van der Waals surface area contributed by atoms with E-state index in [0.29, 0.717) is 11.5 Å². The Labute approximate surface area is 142 Å². The molecule has 0 aromatic heterocycles. The largest absolute Gasteiger partial charge is 0.457 e. The lowest BCUT2D eigenvalue weighted by molar-refractivity contribution is 0.0471. The third-order valence-corrected chi connectivity index (χ3v) is 4.98. The summed E-state index contributed by atoms with van der Waals surface area (Å²) < 4.78 is 22.1. The number of hydrogen-bond acceptors (Lipinski definition) is 4. The molecule has 0 radical (unpaired) electrons. The van der Waals surface area contributed by atoms with Crippen LogP contribution in [0.1, 0.15) is 21.8 Å². The molecule has 1 unspecified atom stereocenters. The van der Waals surface area contributed by atoms with Gasteiger partial charge in [-0.1, -0.05) is 30.3 Å². The van der Waals surface area contributed by atoms with Crippen LogP contribution in [0.5, 0.6) is 11.5 Å². The molecular formula is C18H13O6P. The van der Waals surface area contributed by atoms with Crippen molar-refractivity contribution in [2.75, 3.05) is 0 Å². The van der Waals surface area contributed by atoms with Crippen molar-refractivity contribution in [3.05, 3.63) is 71.8 Å². The zero-order valence-electron chi connectivity index (χ0n) is 12.8. The summed E-state index contributed by atoms with van der Waals surface area (Å²) in [4.78, 5) is 30.5. The molecule has 1 aliphatic rings. The number of carbonyl (C=O) groups is 1. The van der Waals surface area contributed by atoms with Gasteiger partial charge in [-0.2, -0.15) is 0 Å². The highest BCUT2D eigenvalue weighted by Gasteiger charge is 2.42. The Morgan fingerprint density at radius 3 is 2.36 bits per heavy atom. The predicted octanol–water partition coefficient (Wildman–Crippen LogP) is 3.98. The molecule has 0 spiro atoms. The normalized spacial score (nSPS) is 16.6. The van der Waals surface area contributed by atoms with Crippen LogP contribution in [0, 0.1) is 0 Å². The maximum Gasteiger partial charge on any atom is 0.370 e. The standard InChI is InChI=1S/C18H13O6P/c19-17-15-8-7-14(10-16(15)18(24-17)25(20,21)22)23-13-6-5-11-3-1-2-4-12(11)9-13/h1-10,18H,(H2,20,21,22). The second-order valence-corrected chi connectivity index (χ2v) is 7.35. The van der Waals surface area contributed by atoms with Crippen molar-refractivity contribution in [3.63, 3.8) is 0 Å². The van der Waals surface area contributed by atoms with Crippen LogP contribution in [-0.4, -0.2) is 15.8 Å². The van der Waals surface area contributed by atoms with Gasteiger partial charge in [0.1, 0.15) is 11.5 Å². The lowest BCUT2D eigenvalue weighted by Crippen LogP contribution is -1.99. The van der Waals surface area contributed by atoms with E-state index in [1.165, 1.54) is 12.1 Å². The summed E-state index contributed by atoms with van der Waals surface area (Å²) in [7, 11) is -4.62. The Balaban J connectivity index is 1.70. The topological polar surface area (TPSA) is 93.1 Å². The fourth-order valence-corrected chi connectivity index (χ4v) is 3.65. The van der Waals surface area contributed by atoms with Gasteiger partial charge in [-0.3, -0.25) is 4.57 Å². The van der Waals surface area contributed by atoms with Crippen molar-refractivity contribution >= 4 is 24.3 Å². The van der Waals surface area contributed by atoms with E-state index < -0.39 is 19.4 Å². The highest BCUT2D eigenvalue weighted by atomic mass is 31.2. The second kappa shape index (κ2) is 5.70. The highest BCUT2D eigenvalue weighted by molar-refractivity contribution is 7.52. The van der Waals surface area contributed by atoms with Crippen LogP contribution in [0.4, 0.5) is 0 Å². The van der Waals surface area contributed by atoms with E-state index >= 15 is 0 Å². The number of carbonyl (C=O) groups excluding carboxylic acids is 1. The monoisotopic (exact) mass is 356 g/mol. The minimum absolute atomic E-state index is 0.136. The lowest BCUT2D eigenvalue weighted by atomic mass is 10.1. The molecule has 1 heterocycles. The van der Waals surface area contributed by atoms with Crippen LogP contribution in [0.2, 0.25) is 0 Å². The third-order valence-electron chi connectivity index (χ3n) is 3.99. The van der Waals surface area contributed by atoms with Gasteiger partial charge in [0.05, 0.1) is 5.56 Å². The summed E-state index contributed by atoms with van der Waals surface area (Å²) in [5, 5.41) is 2.08. The first-order chi connectivity index (χ1) is 11.9. The molecule has 7 heteroatoms. The van der Waals surface area contributed by atoms with Gasteiger partial charge in [-0.15, -0.1) is 0 Å². The maximum absolute atomic E-state index is 11.7. The molecule has 0 amide bonds. The zero-order valence-corrected chi connectivity index (χ0v) is 13.7. The Bertz CT molecular complexity index is 1040. The number of ether oxygens (including phenoxy) is 2. The smallest absolute Gasteiger partial charge is 0.370 e. The van der Waals surface area contributed by atoms with Crippen LogP contribution in [0.3, 0.4) is 0 Å². The molecule has 25 heavy (non-hydrogen) atoms. The summed E-state index contributed by atoms with van der Waals surface area (Å²) in [6, 6.07) is 17.9. The van der Waals surface area contributed by atoms with E-state index in [4.69, 9.17) is 9.47 Å². The van der Waals surface area contributed by atoms with Gasteiger partial charge in [-0.25, -0.2) is 4.79 Å². The number of hydrogen-bond donors (Lipinski definition) is 2. The first kappa shape index (κ1) is 15.8. The molecule has 0 saturated heterocycles. The molecule has 2 N–H and O–H groups in total. The van der Waals surface area contributed by atoms with Gasteiger partial charge in [-0.05, 0) is 41.1 Å². The Kier molecular flexibility index (Phi) is 3.62. The van der Waals surface area contributed by atoms with Crippen molar-refractivity contribution in [1.29, 1.82) is 0 Å². The quantitative estimate of drug-likeness (QED) is 0.545. The Morgan fingerprint density at radius 2 is 1.60 bits per heavy atom. The SMILES string of the molecule is O=C1OC(P(=O)(O)O)c2cc(Oc3ccc4ccccc4c3)ccc21. The van der Waals surface area contributed by atoms with Crippen LogP contribution in [0.15, 0.2) is 60.7 Å². The van der Waals surface area contributed by atoms with Crippen molar-refractivity contribution in [1.82, 2.24) is 0 Å². The minimum Gasteiger partial charge on any atom is -0.457 e. The van der Waals surface area contributed by atoms with E-state index in [2.05, 4.69) is 0 Å². The number of rotatable bonds is 3. The van der Waals surface area contributed by atoms with Crippen molar-refractivity contribution in [2.45, 2.75) is 5.85 Å². The average Bonchev–Trinajstić information content (AvgIpc) is 2.91. The molecule has 0 saturated carbocycles. The van der Waals surface area contributed by atoms with Gasteiger partial charge in [0.25, 0.3) is 0 Å². The fraction of sp³-hybridized carbons (Fsp3) is 0.0556. The van der Waals surface area contributed by atoms with Gasteiger partial charge in [0, 0.05) is 5.56 Å². The molecule has 3 aromatic rings. The van der Waals surface area contributed by atoms with Crippen molar-refractivity contribution in [3.8, 4) is 11.5 Å². The van der Waals surface area contributed by atoms with E-state index in [9.17, 15) is 19.1 Å². The van der Waals surface area contributed by atoms with Crippen LogP contribution >= 0.6 is 7.60 Å². The van der Waals surface area contributed by atoms with Gasteiger partial charge >= 0.3 is 13.6 Å². The molecular weight excluding hydrogens is 343 g/mol. The minimum atomic E-state index is -4.62. The summed E-state index contributed by atoms with van der Waals surface area (Å²) in [5.41, 5.74) is 0.274. The molecule has 4 rings (SSSR count). The van der Waals surface area contributed by atoms with E-state index in [0.717, 1.165) is 10.8 Å². The molecule has 126 valence electrons. The Morgan fingerprint density at radius 1 is 0.920 bits per heavy atom. The van der Waals surface area contributed by atoms with Crippen LogP contribution < -0.4 is 4.74 Å². The zero-order chi connectivity index (χ0) is 17.6. The number of fused-ring (bicyclic) bond motifs is 2. The van der Waals surface area contributed by atoms with Gasteiger partial charge < -0.3 is 19.3 Å². The van der Waals surface area contributed by atoms with Crippen LogP contribution in [-0.2, 0) is 9.30 Å². The average molecular weight is 356 g/mol. The number of benzene rings is 3. The van der Waals surface area contributed by atoms with Crippen molar-refractivity contribution < 1.29 is 28.6 Å². The summed E-state index contributed by atoms with van der Waals surface area (Å²) in [6.45, 7) is 0. The molecule has 3 aromatic carbocycles. The van der Waals surface area contributed by atoms with Gasteiger partial charge in [0.2, 0.25) is 5.85 Å².